The number of aromatic nitrogens is 3. The highest BCUT2D eigenvalue weighted by Crippen LogP contribution is 2.34. The van der Waals surface area contributed by atoms with E-state index < -0.39 is 23.4 Å². The van der Waals surface area contributed by atoms with Crippen LogP contribution in [0.15, 0.2) is 41.2 Å². The lowest BCUT2D eigenvalue weighted by molar-refractivity contribution is -0.253. The lowest BCUT2D eigenvalue weighted by Gasteiger charge is -2.29. The Morgan fingerprint density at radius 1 is 1.11 bits per heavy atom. The minimum atomic E-state index is -4.91. The highest BCUT2D eigenvalue weighted by molar-refractivity contribution is 6.33. The molecule has 1 atom stereocenters. The van der Waals surface area contributed by atoms with E-state index in [1.807, 2.05) is 13.8 Å². The van der Waals surface area contributed by atoms with Crippen LogP contribution in [0.2, 0.25) is 10.0 Å². The van der Waals surface area contributed by atoms with Gasteiger partial charge in [-0.3, -0.25) is 9.78 Å². The molecular formula is C24H23Cl2F3N4O3. The predicted molar refractivity (Wildman–Crippen MR) is 131 cm³/mol. The van der Waals surface area contributed by atoms with E-state index in [-0.39, 0.29) is 29.1 Å². The quantitative estimate of drug-likeness (QED) is 0.410. The van der Waals surface area contributed by atoms with Crippen LogP contribution in [0.1, 0.15) is 37.8 Å². The first-order valence-corrected chi connectivity index (χ1v) is 11.5. The zero-order chi connectivity index (χ0) is 26.8. The fourth-order valence-electron chi connectivity index (χ4n) is 3.32. The van der Waals surface area contributed by atoms with Crippen molar-refractivity contribution in [3.8, 4) is 22.8 Å². The molecule has 3 aromatic rings. The zero-order valence-electron chi connectivity index (χ0n) is 19.8. The number of carbonyl (C=O) groups excluding carboxylic acids is 1. The van der Waals surface area contributed by atoms with Crippen LogP contribution in [0.25, 0.3) is 22.8 Å². The van der Waals surface area contributed by atoms with Crippen molar-refractivity contribution >= 4 is 29.1 Å². The smallest absolute Gasteiger partial charge is 0.361 e. The number of aromatic amines is 1. The average Bonchev–Trinajstić information content (AvgIpc) is 2.81. The van der Waals surface area contributed by atoms with Crippen LogP contribution in [-0.4, -0.2) is 39.7 Å². The summed E-state index contributed by atoms with van der Waals surface area (Å²) < 4.78 is 44.2. The maximum atomic E-state index is 13.3. The highest BCUT2D eigenvalue weighted by Gasteiger charge is 2.57. The molecule has 192 valence electrons. The molecule has 2 aromatic carbocycles. The summed E-state index contributed by atoms with van der Waals surface area (Å²) in [5.41, 5.74) is -1.54. The Labute approximate surface area is 215 Å². The molecule has 36 heavy (non-hydrogen) atoms. The molecule has 1 heterocycles. The van der Waals surface area contributed by atoms with Crippen molar-refractivity contribution in [2.75, 3.05) is 7.11 Å². The summed E-state index contributed by atoms with van der Waals surface area (Å²) in [5, 5.41) is 3.02. The topological polar surface area (TPSA) is 97.0 Å². The summed E-state index contributed by atoms with van der Waals surface area (Å²) in [6.45, 7) is 4.34. The molecule has 0 aliphatic rings. The van der Waals surface area contributed by atoms with E-state index in [4.69, 9.17) is 23.2 Å². The van der Waals surface area contributed by atoms with Gasteiger partial charge < -0.3 is 10.1 Å². The van der Waals surface area contributed by atoms with Gasteiger partial charge in [-0.2, -0.15) is 18.2 Å². The zero-order valence-corrected chi connectivity index (χ0v) is 21.3. The van der Waals surface area contributed by atoms with E-state index >= 15 is 0 Å². The van der Waals surface area contributed by atoms with E-state index in [2.05, 4.69) is 25.0 Å². The molecule has 0 aliphatic heterocycles. The van der Waals surface area contributed by atoms with Crippen molar-refractivity contribution in [2.45, 2.75) is 45.0 Å². The molecule has 0 aliphatic carbocycles. The Morgan fingerprint density at radius 2 is 1.78 bits per heavy atom. The number of amides is 1. The number of methoxy groups -OCH3 is 1. The molecule has 1 aromatic heterocycles. The van der Waals surface area contributed by atoms with Crippen molar-refractivity contribution in [1.82, 2.24) is 20.3 Å². The van der Waals surface area contributed by atoms with Gasteiger partial charge in [0.15, 0.2) is 5.82 Å². The lowest BCUT2D eigenvalue weighted by Crippen LogP contribution is -2.55. The number of carbonyl (C=O) groups is 1. The first kappa shape index (κ1) is 27.6. The molecule has 0 spiro atoms. The van der Waals surface area contributed by atoms with Gasteiger partial charge >= 0.3 is 11.9 Å². The first-order valence-electron chi connectivity index (χ1n) is 10.7. The Morgan fingerprint density at radius 3 is 2.39 bits per heavy atom. The number of hydrogen-bond acceptors (Lipinski definition) is 5. The fourth-order valence-corrected chi connectivity index (χ4v) is 3.86. The van der Waals surface area contributed by atoms with Crippen LogP contribution in [0.3, 0.4) is 0 Å². The van der Waals surface area contributed by atoms with Gasteiger partial charge in [-0.1, -0.05) is 43.1 Å². The highest BCUT2D eigenvalue weighted by atomic mass is 35.5. The molecule has 0 saturated heterocycles. The first-order chi connectivity index (χ1) is 16.8. The summed E-state index contributed by atoms with van der Waals surface area (Å²) in [6, 6.07) is 9.70. The Kier molecular flexibility index (Phi) is 8.12. The maximum Gasteiger partial charge on any atom is 0.426 e. The minimum Gasteiger partial charge on any atom is -0.361 e. The van der Waals surface area contributed by atoms with E-state index in [1.54, 1.807) is 18.2 Å². The van der Waals surface area contributed by atoms with Crippen LogP contribution in [0.5, 0.6) is 0 Å². The number of ether oxygens (including phenoxy) is 1. The molecule has 0 fully saturated rings. The Hall–Kier alpha value is -2.95. The van der Waals surface area contributed by atoms with Gasteiger partial charge in [-0.15, -0.1) is 0 Å². The van der Waals surface area contributed by atoms with Crippen LogP contribution in [0.4, 0.5) is 13.2 Å². The third kappa shape index (κ3) is 5.71. The van der Waals surface area contributed by atoms with Crippen molar-refractivity contribution in [3.05, 3.63) is 68.1 Å². The van der Waals surface area contributed by atoms with Crippen molar-refractivity contribution in [2.24, 2.45) is 0 Å². The van der Waals surface area contributed by atoms with Gasteiger partial charge in [-0.05, 0) is 54.3 Å². The predicted octanol–water partition coefficient (Wildman–Crippen LogP) is 5.51. The number of benzene rings is 2. The third-order valence-corrected chi connectivity index (χ3v) is 6.32. The maximum absolute atomic E-state index is 13.3. The SMILES string of the molecule is COC(C)(C(=O)NCc1ccc(Cl)c(-c2nc(-c3ccc(Cl)c(C(C)C)c3)nc(=O)[nH]2)c1)C(F)(F)F. The van der Waals surface area contributed by atoms with Gasteiger partial charge in [0.25, 0.3) is 5.91 Å². The Bertz CT molecular complexity index is 1340. The third-order valence-electron chi connectivity index (χ3n) is 5.65. The standard InChI is InChI=1S/C24H23Cl2F3N4O3/c1-12(2)15-10-14(6-8-17(15)25)19-31-20(33-22(35)32-19)16-9-13(5-7-18(16)26)11-30-21(34)23(3,36-4)24(27,28)29/h5-10,12H,11H2,1-4H3,(H,30,34)(H,31,32,33,35). The van der Waals surface area contributed by atoms with E-state index in [0.717, 1.165) is 12.7 Å². The number of nitrogens with one attached hydrogen (secondary N) is 2. The summed E-state index contributed by atoms with van der Waals surface area (Å²) in [4.78, 5) is 35.5. The number of nitrogens with zero attached hydrogens (tertiary/aromatic N) is 2. The summed E-state index contributed by atoms with van der Waals surface area (Å²) in [7, 11) is 0.807. The van der Waals surface area contributed by atoms with Crippen LogP contribution in [0, 0.1) is 0 Å². The fraction of sp³-hybridized carbons (Fsp3) is 0.333. The normalized spacial score (nSPS) is 13.5. The van der Waals surface area contributed by atoms with E-state index in [0.29, 0.717) is 28.6 Å². The molecule has 1 unspecified atom stereocenters. The molecule has 12 heteroatoms. The van der Waals surface area contributed by atoms with Crippen LogP contribution >= 0.6 is 23.2 Å². The van der Waals surface area contributed by atoms with E-state index in [1.165, 1.54) is 18.2 Å². The molecule has 0 radical (unpaired) electrons. The van der Waals surface area contributed by atoms with Gasteiger partial charge in [0.2, 0.25) is 5.60 Å². The molecule has 3 rings (SSSR count). The van der Waals surface area contributed by atoms with Crippen molar-refractivity contribution < 1.29 is 22.7 Å². The molecule has 1 amide bonds. The molecule has 0 bridgehead atoms. The summed E-state index contributed by atoms with van der Waals surface area (Å²) in [6.07, 6.45) is -4.91. The number of halogens is 5. The van der Waals surface area contributed by atoms with Gasteiger partial charge in [0.1, 0.15) is 5.82 Å². The number of hydrogen-bond donors (Lipinski definition) is 2. The minimum absolute atomic E-state index is 0.0984. The van der Waals surface area contributed by atoms with Gasteiger partial charge in [0.05, 0.1) is 5.02 Å². The second-order valence-electron chi connectivity index (χ2n) is 8.45. The summed E-state index contributed by atoms with van der Waals surface area (Å²) >= 11 is 12.6. The number of rotatable bonds is 7. The Balaban J connectivity index is 1.95. The number of alkyl halides is 3. The second kappa shape index (κ2) is 10.6. The monoisotopic (exact) mass is 542 g/mol. The van der Waals surface area contributed by atoms with E-state index in [9.17, 15) is 22.8 Å². The van der Waals surface area contributed by atoms with Gasteiger partial charge in [-0.25, -0.2) is 9.78 Å². The molecule has 0 saturated carbocycles. The van der Waals surface area contributed by atoms with Crippen molar-refractivity contribution in [3.63, 3.8) is 0 Å². The summed E-state index contributed by atoms with van der Waals surface area (Å²) in [5.74, 6) is -0.989. The average molecular weight is 543 g/mol. The van der Waals surface area contributed by atoms with Gasteiger partial charge in [0, 0.05) is 29.8 Å². The molecular weight excluding hydrogens is 520 g/mol. The number of H-pyrrole nitrogens is 1. The molecule has 2 N–H and O–H groups in total. The van der Waals surface area contributed by atoms with Crippen LogP contribution in [-0.2, 0) is 16.1 Å². The van der Waals surface area contributed by atoms with Crippen LogP contribution < -0.4 is 11.0 Å². The second-order valence-corrected chi connectivity index (χ2v) is 9.26. The largest absolute Gasteiger partial charge is 0.426 e. The van der Waals surface area contributed by atoms with Crippen molar-refractivity contribution in [1.29, 1.82) is 0 Å². The lowest BCUT2D eigenvalue weighted by atomic mass is 10.0. The molecule has 7 nitrogen and oxygen atoms in total.